The van der Waals surface area contributed by atoms with Crippen LogP contribution in [0.15, 0.2) is 36.7 Å². The van der Waals surface area contributed by atoms with Crippen molar-refractivity contribution >= 4 is 11.4 Å². The van der Waals surface area contributed by atoms with Crippen LogP contribution in [0.3, 0.4) is 0 Å². The molecule has 5 aromatic rings. The van der Waals surface area contributed by atoms with Crippen molar-refractivity contribution < 1.29 is 19.0 Å². The zero-order valence-electron chi connectivity index (χ0n) is 19.8. The average molecular weight is 490 g/mol. The Bertz CT molecular complexity index is 1600. The second-order valence-electron chi connectivity index (χ2n) is 8.30. The van der Waals surface area contributed by atoms with Gasteiger partial charge in [0.1, 0.15) is 22.8 Å². The first kappa shape index (κ1) is 23.0. The molecular formula is C24H23FN8O3. The van der Waals surface area contributed by atoms with Gasteiger partial charge in [0.15, 0.2) is 17.4 Å². The number of halogens is 1. The largest absolute Gasteiger partial charge is 0.504 e. The normalized spacial score (nSPS) is 11.3. The number of rotatable bonds is 7. The van der Waals surface area contributed by atoms with Gasteiger partial charge >= 0.3 is 0 Å². The molecule has 12 heteroatoms. The molecule has 4 aromatic heterocycles. The Morgan fingerprint density at radius 1 is 1.25 bits per heavy atom. The summed E-state index contributed by atoms with van der Waals surface area (Å²) in [6.45, 7) is 3.82. The van der Waals surface area contributed by atoms with Crippen LogP contribution in [0.4, 0.5) is 4.39 Å². The molecule has 4 N–H and O–H groups in total. The van der Waals surface area contributed by atoms with Gasteiger partial charge in [-0.05, 0) is 38.0 Å². The van der Waals surface area contributed by atoms with Gasteiger partial charge < -0.3 is 20.0 Å². The van der Waals surface area contributed by atoms with E-state index in [0.29, 0.717) is 29.9 Å². The lowest BCUT2D eigenvalue weighted by molar-refractivity contribution is 0.0991. The number of methoxy groups -OCH3 is 1. The van der Waals surface area contributed by atoms with Gasteiger partial charge in [0.05, 0.1) is 30.1 Å². The molecule has 0 aliphatic rings. The average Bonchev–Trinajstić information content (AvgIpc) is 3.51. The maximum absolute atomic E-state index is 15.4. The van der Waals surface area contributed by atoms with Gasteiger partial charge in [-0.25, -0.2) is 9.37 Å². The molecule has 0 bridgehead atoms. The lowest BCUT2D eigenvalue weighted by atomic mass is 10.1. The van der Waals surface area contributed by atoms with Crippen molar-refractivity contribution in [2.75, 3.05) is 7.11 Å². The molecule has 0 atom stereocenters. The second kappa shape index (κ2) is 8.80. The number of nitrogens with two attached hydrogens (primary N) is 1. The number of aromatic hydroxyl groups is 1. The van der Waals surface area contributed by atoms with E-state index in [1.165, 1.54) is 16.8 Å². The summed E-state index contributed by atoms with van der Waals surface area (Å²) in [4.78, 5) is 20.6. The van der Waals surface area contributed by atoms with Gasteiger partial charge in [-0.3, -0.25) is 19.6 Å². The van der Waals surface area contributed by atoms with Crippen LogP contribution in [0.5, 0.6) is 11.5 Å². The number of carbonyl (C=O) groups is 1. The second-order valence-corrected chi connectivity index (χ2v) is 8.30. The van der Waals surface area contributed by atoms with Gasteiger partial charge in [-0.1, -0.05) is 12.1 Å². The van der Waals surface area contributed by atoms with Gasteiger partial charge in [-0.15, -0.1) is 0 Å². The van der Waals surface area contributed by atoms with Crippen molar-refractivity contribution in [2.24, 2.45) is 5.73 Å². The maximum atomic E-state index is 15.4. The first-order valence-electron chi connectivity index (χ1n) is 11.1. The number of benzene rings is 1. The van der Waals surface area contributed by atoms with E-state index in [1.54, 1.807) is 25.6 Å². The van der Waals surface area contributed by atoms with Crippen LogP contribution < -0.4 is 10.5 Å². The zero-order chi connectivity index (χ0) is 25.6. The van der Waals surface area contributed by atoms with Gasteiger partial charge in [0.25, 0.3) is 5.91 Å². The predicted molar refractivity (Wildman–Crippen MR) is 128 cm³/mol. The van der Waals surface area contributed by atoms with Crippen LogP contribution >= 0.6 is 0 Å². The highest BCUT2D eigenvalue weighted by molar-refractivity contribution is 5.97. The predicted octanol–water partition coefficient (Wildman–Crippen LogP) is 2.79. The molecule has 5 rings (SSSR count). The Kier molecular flexibility index (Phi) is 5.63. The van der Waals surface area contributed by atoms with Crippen LogP contribution in [0.1, 0.15) is 27.4 Å². The summed E-state index contributed by atoms with van der Waals surface area (Å²) in [5.74, 6) is -0.909. The van der Waals surface area contributed by atoms with E-state index in [1.807, 2.05) is 24.3 Å². The number of nitrogens with zero attached hydrogens (tertiary/aromatic N) is 6. The van der Waals surface area contributed by atoms with Crippen molar-refractivity contribution in [3.63, 3.8) is 0 Å². The van der Waals surface area contributed by atoms with E-state index in [-0.39, 0.29) is 34.3 Å². The third-order valence-corrected chi connectivity index (χ3v) is 5.92. The number of hydrogen-bond acceptors (Lipinski definition) is 7. The number of amides is 1. The molecule has 0 saturated heterocycles. The van der Waals surface area contributed by atoms with Crippen LogP contribution in [0, 0.1) is 19.7 Å². The Labute approximate surface area is 204 Å². The molecule has 1 aromatic carbocycles. The van der Waals surface area contributed by atoms with Crippen molar-refractivity contribution in [3.05, 3.63) is 65.1 Å². The number of nitrogens with one attached hydrogen (secondary N) is 1. The molecule has 184 valence electrons. The highest BCUT2D eigenvalue weighted by Crippen LogP contribution is 2.34. The summed E-state index contributed by atoms with van der Waals surface area (Å²) in [6, 6.07) is 7.65. The van der Waals surface area contributed by atoms with Crippen LogP contribution in [0.25, 0.3) is 28.4 Å². The Morgan fingerprint density at radius 3 is 2.69 bits per heavy atom. The lowest BCUT2D eigenvalue weighted by Crippen LogP contribution is -2.15. The third-order valence-electron chi connectivity index (χ3n) is 5.92. The fourth-order valence-electron chi connectivity index (χ4n) is 4.14. The Hall–Kier alpha value is -4.74. The number of aromatic nitrogens is 7. The number of primary amides is 1. The minimum atomic E-state index is -0.927. The summed E-state index contributed by atoms with van der Waals surface area (Å²) in [5.41, 5.74) is 7.74. The molecule has 0 unspecified atom stereocenters. The Balaban J connectivity index is 1.53. The smallest absolute Gasteiger partial charge is 0.268 e. The van der Waals surface area contributed by atoms with Crippen LogP contribution in [-0.2, 0) is 13.0 Å². The summed E-state index contributed by atoms with van der Waals surface area (Å²) < 4.78 is 23.5. The highest BCUT2D eigenvalue weighted by Gasteiger charge is 2.27. The zero-order valence-corrected chi connectivity index (χ0v) is 19.8. The van der Waals surface area contributed by atoms with Crippen LogP contribution in [0.2, 0.25) is 0 Å². The summed E-state index contributed by atoms with van der Waals surface area (Å²) in [5, 5.41) is 22.0. The van der Waals surface area contributed by atoms with Crippen molar-refractivity contribution in [3.8, 4) is 34.4 Å². The summed E-state index contributed by atoms with van der Waals surface area (Å²) in [7, 11) is 1.61. The van der Waals surface area contributed by atoms with E-state index in [9.17, 15) is 9.90 Å². The fraction of sp³-hybridized carbons (Fsp3) is 0.208. The number of hydrogen-bond donors (Lipinski definition) is 3. The molecule has 4 heterocycles. The topological polar surface area (TPSA) is 149 Å². The first-order valence-corrected chi connectivity index (χ1v) is 11.1. The molecule has 0 aliphatic heterocycles. The number of aromatic amines is 1. The SMILES string of the molecule is COc1ccc(CCn2nc(C)c(O)c2-c2n[nH]c(-c3c(F)c(C(N)=O)n4cc(C)ncc34)n2)cc1. The number of H-pyrrole nitrogens is 1. The van der Waals surface area contributed by atoms with E-state index in [2.05, 4.69) is 25.3 Å². The van der Waals surface area contributed by atoms with E-state index < -0.39 is 11.7 Å². The van der Waals surface area contributed by atoms with E-state index in [4.69, 9.17) is 10.5 Å². The van der Waals surface area contributed by atoms with E-state index >= 15 is 4.39 Å². The Morgan fingerprint density at radius 2 is 2.00 bits per heavy atom. The van der Waals surface area contributed by atoms with Crippen molar-refractivity contribution in [1.29, 1.82) is 0 Å². The number of ether oxygens (including phenoxy) is 1. The quantitative estimate of drug-likeness (QED) is 0.317. The molecule has 11 nitrogen and oxygen atoms in total. The third kappa shape index (κ3) is 3.82. The minimum Gasteiger partial charge on any atom is -0.504 e. The molecule has 0 radical (unpaired) electrons. The minimum absolute atomic E-state index is 0.00411. The summed E-state index contributed by atoms with van der Waals surface area (Å²) >= 11 is 0. The maximum Gasteiger partial charge on any atom is 0.268 e. The molecule has 0 aliphatic carbocycles. The standard InChI is InChI=1S/C24H23FN8O3/c1-12-11-32-16(10-27-12)17(18(25)19(32)22(26)35)23-28-24(30-29-23)20-21(34)13(2)31-33(20)9-8-14-4-6-15(36-3)7-5-14/h4-7,10-11,34H,8-9H2,1-3H3,(H2,26,35)(H,28,29,30). The van der Waals surface area contributed by atoms with Gasteiger partial charge in [-0.2, -0.15) is 10.2 Å². The van der Waals surface area contributed by atoms with Crippen molar-refractivity contribution in [2.45, 2.75) is 26.8 Å². The first-order chi connectivity index (χ1) is 17.3. The molecule has 1 amide bonds. The lowest BCUT2D eigenvalue weighted by Gasteiger charge is -2.06. The molecule has 0 saturated carbocycles. The molecule has 0 spiro atoms. The molecule has 36 heavy (non-hydrogen) atoms. The molecular weight excluding hydrogens is 467 g/mol. The van der Waals surface area contributed by atoms with Crippen LogP contribution in [-0.4, -0.2) is 52.5 Å². The fourth-order valence-corrected chi connectivity index (χ4v) is 4.14. The van der Waals surface area contributed by atoms with E-state index in [0.717, 1.165) is 11.3 Å². The summed E-state index contributed by atoms with van der Waals surface area (Å²) in [6.07, 6.45) is 3.58. The number of carbonyl (C=O) groups excluding carboxylic acids is 1. The van der Waals surface area contributed by atoms with Gasteiger partial charge in [0, 0.05) is 12.7 Å². The number of fused-ring (bicyclic) bond motifs is 1. The van der Waals surface area contributed by atoms with Crippen molar-refractivity contribution in [1.82, 2.24) is 34.3 Å². The highest BCUT2D eigenvalue weighted by atomic mass is 19.1. The molecule has 0 fully saturated rings. The monoisotopic (exact) mass is 490 g/mol. The van der Waals surface area contributed by atoms with Gasteiger partial charge in [0.2, 0.25) is 5.82 Å². The number of aryl methyl sites for hydroxylation is 4.